The lowest BCUT2D eigenvalue weighted by Gasteiger charge is -2.29. The van der Waals surface area contributed by atoms with Gasteiger partial charge >= 0.3 is 11.9 Å². The van der Waals surface area contributed by atoms with E-state index in [1.807, 2.05) is 0 Å². The van der Waals surface area contributed by atoms with Crippen LogP contribution in [-0.4, -0.2) is 64.4 Å². The molecule has 5 N–H and O–H groups in total. The van der Waals surface area contributed by atoms with Gasteiger partial charge < -0.3 is 20.1 Å². The third kappa shape index (κ3) is 6.84. The maximum atomic E-state index is 12.6. The molecule has 0 atom stereocenters. The molecule has 0 saturated carbocycles. The molecule has 0 aliphatic carbocycles. The molecule has 0 unspecified atom stereocenters. The first kappa shape index (κ1) is 27.9. The van der Waals surface area contributed by atoms with Gasteiger partial charge in [0.1, 0.15) is 10.7 Å². The van der Waals surface area contributed by atoms with E-state index in [2.05, 4.69) is 25.6 Å². The summed E-state index contributed by atoms with van der Waals surface area (Å²) < 4.78 is 27.9. The van der Waals surface area contributed by atoms with Crippen LogP contribution < -0.4 is 15.8 Å². The number of amides is 1. The van der Waals surface area contributed by atoms with Crippen LogP contribution in [0.1, 0.15) is 39.1 Å². The zero-order chi connectivity index (χ0) is 28.3. The molecule has 0 radical (unpaired) electrons. The maximum absolute atomic E-state index is 12.6. The second-order valence-corrected chi connectivity index (χ2v) is 11.1. The van der Waals surface area contributed by atoms with Gasteiger partial charge in [-0.3, -0.25) is 14.9 Å². The first-order valence-corrected chi connectivity index (χ1v) is 13.9. The number of anilines is 3. The van der Waals surface area contributed by atoms with Gasteiger partial charge in [-0.25, -0.2) is 28.3 Å². The van der Waals surface area contributed by atoms with Crippen LogP contribution in [0, 0.1) is 6.92 Å². The Kier molecular flexibility index (Phi) is 8.08. The van der Waals surface area contributed by atoms with E-state index in [0.29, 0.717) is 40.9 Å². The number of nitrogens with one attached hydrogen (secondary N) is 2. The molecule has 0 spiro atoms. The Hall–Kier alpha value is -4.15. The number of nitrogens with two attached hydrogens (primary N) is 1. The molecule has 0 fully saturated rings. The average Bonchev–Trinajstić information content (AvgIpc) is 3.25. The number of fused-ring (bicyclic) bond motifs is 1. The van der Waals surface area contributed by atoms with Crippen LogP contribution in [0.2, 0.25) is 0 Å². The predicted molar refractivity (Wildman–Crippen MR) is 140 cm³/mol. The van der Waals surface area contributed by atoms with Gasteiger partial charge in [0.15, 0.2) is 11.7 Å². The number of thiazole rings is 1. The van der Waals surface area contributed by atoms with E-state index in [0.717, 1.165) is 16.9 Å². The van der Waals surface area contributed by atoms with Crippen molar-refractivity contribution in [3.8, 4) is 0 Å². The van der Waals surface area contributed by atoms with Crippen LogP contribution in [0.15, 0.2) is 29.2 Å². The van der Waals surface area contributed by atoms with E-state index >= 15 is 0 Å². The Morgan fingerprint density at radius 2 is 1.90 bits per heavy atom. The zero-order valence-corrected chi connectivity index (χ0v) is 22.6. The van der Waals surface area contributed by atoms with Gasteiger partial charge in [-0.2, -0.15) is 4.98 Å². The van der Waals surface area contributed by atoms with Gasteiger partial charge in [-0.1, -0.05) is 23.5 Å². The van der Waals surface area contributed by atoms with Crippen LogP contribution in [-0.2, 0) is 43.9 Å². The molecule has 3 aromatic rings. The van der Waals surface area contributed by atoms with Crippen molar-refractivity contribution in [1.82, 2.24) is 19.9 Å². The summed E-state index contributed by atoms with van der Waals surface area (Å²) in [6.07, 6.45) is 0.396. The van der Waals surface area contributed by atoms with Gasteiger partial charge in [-0.05, 0) is 24.6 Å². The van der Waals surface area contributed by atoms with Gasteiger partial charge in [0.25, 0.3) is 5.91 Å². The molecule has 2 aromatic heterocycles. The molecule has 39 heavy (non-hydrogen) atoms. The summed E-state index contributed by atoms with van der Waals surface area (Å²) in [7, 11) is -3.83. The number of hydrogen-bond acceptors (Lipinski definition) is 12. The highest BCUT2D eigenvalue weighted by Crippen LogP contribution is 2.29. The lowest BCUT2D eigenvalue weighted by molar-refractivity contribution is -0.150. The standard InChI is InChI=1S/C23H25N7O7S2/c1-12-19(21(33)34)38-23(26-12)29-22-27-17-7-8-30(18(32)11-37-13(2)31)10-16(17)20(28-22)25-9-14-3-5-15(6-4-14)39(24,35)36/h3-6H,7-11H2,1-2H3,(H,33,34)(H2,24,35,36)(H2,25,26,27,28,29). The number of ether oxygens (including phenoxy) is 1. The SMILES string of the molecule is CC(=O)OCC(=O)N1CCc2nc(Nc3nc(C)c(C(=O)O)s3)nc(NCc3ccc(S(N)(=O)=O)cc3)c2C1. The molecule has 1 aliphatic rings. The lowest BCUT2D eigenvalue weighted by atomic mass is 10.1. The topological polar surface area (TPSA) is 207 Å². The molecular formula is C23H25N7O7S2. The van der Waals surface area contributed by atoms with Gasteiger partial charge in [-0.15, -0.1) is 0 Å². The Balaban J connectivity index is 1.61. The van der Waals surface area contributed by atoms with E-state index < -0.39 is 22.0 Å². The average molecular weight is 576 g/mol. The van der Waals surface area contributed by atoms with E-state index in [-0.39, 0.29) is 41.3 Å². The van der Waals surface area contributed by atoms with E-state index in [1.54, 1.807) is 19.1 Å². The van der Waals surface area contributed by atoms with Crippen LogP contribution in [0.25, 0.3) is 0 Å². The molecule has 0 saturated heterocycles. The summed E-state index contributed by atoms with van der Waals surface area (Å²) >= 11 is 0.955. The number of esters is 1. The fourth-order valence-electron chi connectivity index (χ4n) is 3.81. The molecule has 0 bridgehead atoms. The molecule has 4 rings (SSSR count). The summed E-state index contributed by atoms with van der Waals surface area (Å²) in [6, 6.07) is 6.02. The third-order valence-electron chi connectivity index (χ3n) is 5.73. The second-order valence-electron chi connectivity index (χ2n) is 8.57. The summed E-state index contributed by atoms with van der Waals surface area (Å²) in [5, 5.41) is 21.0. The van der Waals surface area contributed by atoms with Crippen LogP contribution in [0.5, 0.6) is 0 Å². The Labute approximate surface area is 227 Å². The number of aryl methyl sites for hydroxylation is 1. The normalized spacial score (nSPS) is 12.9. The lowest BCUT2D eigenvalue weighted by Crippen LogP contribution is -2.39. The fourth-order valence-corrected chi connectivity index (χ4v) is 5.12. The molecule has 3 heterocycles. The fraction of sp³-hybridized carbons (Fsp3) is 0.304. The van der Waals surface area contributed by atoms with Gasteiger partial charge in [0, 0.05) is 32.0 Å². The molecular weight excluding hydrogens is 550 g/mol. The predicted octanol–water partition coefficient (Wildman–Crippen LogP) is 1.39. The highest BCUT2D eigenvalue weighted by molar-refractivity contribution is 7.89. The van der Waals surface area contributed by atoms with Crippen molar-refractivity contribution in [1.29, 1.82) is 0 Å². The Morgan fingerprint density at radius 3 is 2.51 bits per heavy atom. The Morgan fingerprint density at radius 1 is 1.18 bits per heavy atom. The number of hydrogen-bond donors (Lipinski definition) is 4. The number of primary sulfonamides is 1. The van der Waals surface area contributed by atoms with Crippen molar-refractivity contribution in [3.63, 3.8) is 0 Å². The maximum Gasteiger partial charge on any atom is 0.347 e. The van der Waals surface area contributed by atoms with Crippen LogP contribution >= 0.6 is 11.3 Å². The quantitative estimate of drug-likeness (QED) is 0.267. The molecule has 1 amide bonds. The van der Waals surface area contributed by atoms with Crippen molar-refractivity contribution in [2.75, 3.05) is 23.8 Å². The number of carboxylic acid groups (broad SMARTS) is 1. The first-order chi connectivity index (χ1) is 18.4. The van der Waals surface area contributed by atoms with Crippen molar-refractivity contribution < 1.29 is 32.6 Å². The van der Waals surface area contributed by atoms with Gasteiger partial charge in [0.05, 0.1) is 22.8 Å². The number of carbonyl (C=O) groups excluding carboxylic acids is 2. The third-order valence-corrected chi connectivity index (χ3v) is 7.72. The molecule has 1 aliphatic heterocycles. The molecule has 16 heteroatoms. The number of carbonyl (C=O) groups is 3. The van der Waals surface area contributed by atoms with E-state index in [4.69, 9.17) is 9.88 Å². The Bertz CT molecular complexity index is 1540. The van der Waals surface area contributed by atoms with Crippen molar-refractivity contribution >= 4 is 56.1 Å². The molecule has 206 valence electrons. The summed E-state index contributed by atoms with van der Waals surface area (Å²) in [5.41, 5.74) is 2.43. The first-order valence-electron chi connectivity index (χ1n) is 11.5. The number of aromatic nitrogens is 3. The summed E-state index contributed by atoms with van der Waals surface area (Å²) in [4.78, 5) is 50.1. The number of rotatable bonds is 9. The monoisotopic (exact) mass is 575 g/mol. The zero-order valence-electron chi connectivity index (χ0n) is 20.9. The summed E-state index contributed by atoms with van der Waals surface area (Å²) in [6.45, 7) is 3.21. The number of aromatic carboxylic acids is 1. The van der Waals surface area contributed by atoms with Crippen LogP contribution in [0.4, 0.5) is 16.9 Å². The minimum absolute atomic E-state index is 0.0152. The van der Waals surface area contributed by atoms with Gasteiger partial charge in [0.2, 0.25) is 16.0 Å². The largest absolute Gasteiger partial charge is 0.477 e. The number of sulfonamides is 1. The van der Waals surface area contributed by atoms with Crippen molar-refractivity contribution in [3.05, 3.63) is 51.7 Å². The van der Waals surface area contributed by atoms with Crippen molar-refractivity contribution in [2.45, 2.75) is 38.3 Å². The smallest absolute Gasteiger partial charge is 0.347 e. The summed E-state index contributed by atoms with van der Waals surface area (Å²) in [5.74, 6) is -1.40. The minimum atomic E-state index is -3.83. The highest BCUT2D eigenvalue weighted by Gasteiger charge is 2.26. The highest BCUT2D eigenvalue weighted by atomic mass is 32.2. The van der Waals surface area contributed by atoms with E-state index in [1.165, 1.54) is 24.0 Å². The molecule has 1 aromatic carbocycles. The van der Waals surface area contributed by atoms with Crippen molar-refractivity contribution in [2.24, 2.45) is 5.14 Å². The number of carboxylic acids is 1. The minimum Gasteiger partial charge on any atom is -0.477 e. The number of nitrogens with zero attached hydrogens (tertiary/aromatic N) is 4. The second kappa shape index (κ2) is 11.3. The molecule has 14 nitrogen and oxygen atoms in total. The number of benzene rings is 1. The van der Waals surface area contributed by atoms with E-state index in [9.17, 15) is 27.9 Å². The van der Waals surface area contributed by atoms with Crippen LogP contribution in [0.3, 0.4) is 0 Å².